The van der Waals surface area contributed by atoms with Gasteiger partial charge in [0.1, 0.15) is 5.76 Å². The lowest BCUT2D eigenvalue weighted by atomic mass is 9.98. The number of nitrogens with zero attached hydrogens (tertiary/aromatic N) is 1. The van der Waals surface area contributed by atoms with Crippen molar-refractivity contribution in [1.29, 1.82) is 0 Å². The Bertz CT molecular complexity index is 536. The van der Waals surface area contributed by atoms with E-state index < -0.39 is 0 Å². The molecule has 0 amide bonds. The van der Waals surface area contributed by atoms with Gasteiger partial charge in [-0.2, -0.15) is 0 Å². The van der Waals surface area contributed by atoms with E-state index in [4.69, 9.17) is 4.42 Å². The molecule has 3 nitrogen and oxygen atoms in total. The van der Waals surface area contributed by atoms with Crippen molar-refractivity contribution in [2.75, 3.05) is 25.0 Å². The zero-order chi connectivity index (χ0) is 13.8. The summed E-state index contributed by atoms with van der Waals surface area (Å²) < 4.78 is 5.44. The Morgan fingerprint density at radius 1 is 1.25 bits per heavy atom. The van der Waals surface area contributed by atoms with Gasteiger partial charge in [0, 0.05) is 18.2 Å². The number of fused-ring (bicyclic) bond motifs is 1. The Labute approximate surface area is 120 Å². The van der Waals surface area contributed by atoms with Crippen molar-refractivity contribution < 1.29 is 4.42 Å². The second-order valence-electron chi connectivity index (χ2n) is 5.40. The highest BCUT2D eigenvalue weighted by molar-refractivity contribution is 5.57. The highest BCUT2D eigenvalue weighted by Gasteiger charge is 2.21. The lowest BCUT2D eigenvalue weighted by Gasteiger charge is -2.21. The predicted octanol–water partition coefficient (Wildman–Crippen LogP) is 3.70. The van der Waals surface area contributed by atoms with Crippen molar-refractivity contribution in [3.05, 3.63) is 54.0 Å². The second-order valence-corrected chi connectivity index (χ2v) is 5.40. The summed E-state index contributed by atoms with van der Waals surface area (Å²) >= 11 is 0. The standard InChI is InChI=1S/C17H22N2O/c1-2-19(13-15-6-5-11-20-15)10-9-14-12-18-17-8-4-3-7-16(14)17/h3-8,11,14,18H,2,9-10,12-13H2,1H3. The van der Waals surface area contributed by atoms with E-state index >= 15 is 0 Å². The minimum Gasteiger partial charge on any atom is -0.468 e. The normalized spacial score (nSPS) is 17.2. The fourth-order valence-electron chi connectivity index (χ4n) is 2.92. The van der Waals surface area contributed by atoms with Gasteiger partial charge in [0.05, 0.1) is 12.8 Å². The maximum Gasteiger partial charge on any atom is 0.117 e. The van der Waals surface area contributed by atoms with Crippen LogP contribution in [-0.2, 0) is 6.54 Å². The molecule has 1 unspecified atom stereocenters. The molecule has 0 saturated heterocycles. The van der Waals surface area contributed by atoms with Crippen LogP contribution >= 0.6 is 0 Å². The molecule has 1 atom stereocenters. The van der Waals surface area contributed by atoms with Gasteiger partial charge in [-0.05, 0) is 43.3 Å². The predicted molar refractivity (Wildman–Crippen MR) is 81.9 cm³/mol. The summed E-state index contributed by atoms with van der Waals surface area (Å²) in [6, 6.07) is 12.7. The van der Waals surface area contributed by atoms with Crippen LogP contribution in [0.4, 0.5) is 5.69 Å². The van der Waals surface area contributed by atoms with Crippen molar-refractivity contribution in [2.24, 2.45) is 0 Å². The second kappa shape index (κ2) is 6.14. The molecular formula is C17H22N2O. The van der Waals surface area contributed by atoms with E-state index in [1.807, 2.05) is 6.07 Å². The monoisotopic (exact) mass is 270 g/mol. The molecule has 0 bridgehead atoms. The van der Waals surface area contributed by atoms with Crippen LogP contribution in [0.2, 0.25) is 0 Å². The van der Waals surface area contributed by atoms with E-state index in [0.29, 0.717) is 5.92 Å². The quantitative estimate of drug-likeness (QED) is 0.867. The largest absolute Gasteiger partial charge is 0.468 e. The number of para-hydroxylation sites is 1. The van der Waals surface area contributed by atoms with Gasteiger partial charge in [-0.25, -0.2) is 0 Å². The van der Waals surface area contributed by atoms with Crippen molar-refractivity contribution in [1.82, 2.24) is 4.90 Å². The number of furan rings is 1. The SMILES string of the molecule is CCN(CCC1CNc2ccccc21)Cc1ccco1. The fraction of sp³-hybridized carbons (Fsp3) is 0.412. The van der Waals surface area contributed by atoms with E-state index in [0.717, 1.165) is 31.9 Å². The van der Waals surface area contributed by atoms with Crippen LogP contribution in [0, 0.1) is 0 Å². The summed E-state index contributed by atoms with van der Waals surface area (Å²) in [6.07, 6.45) is 2.94. The smallest absolute Gasteiger partial charge is 0.117 e. The van der Waals surface area contributed by atoms with Gasteiger partial charge < -0.3 is 9.73 Å². The van der Waals surface area contributed by atoms with Crippen molar-refractivity contribution >= 4 is 5.69 Å². The number of hydrogen-bond donors (Lipinski definition) is 1. The molecule has 20 heavy (non-hydrogen) atoms. The van der Waals surface area contributed by atoms with Crippen molar-refractivity contribution in [2.45, 2.75) is 25.8 Å². The summed E-state index contributed by atoms with van der Waals surface area (Å²) in [4.78, 5) is 2.44. The lowest BCUT2D eigenvalue weighted by Crippen LogP contribution is -2.25. The van der Waals surface area contributed by atoms with E-state index in [1.165, 1.54) is 17.7 Å². The van der Waals surface area contributed by atoms with Crippen LogP contribution < -0.4 is 5.32 Å². The maximum absolute atomic E-state index is 5.44. The van der Waals surface area contributed by atoms with Gasteiger partial charge in [-0.1, -0.05) is 25.1 Å². The number of benzene rings is 1. The molecule has 0 spiro atoms. The first-order valence-electron chi connectivity index (χ1n) is 7.44. The Hall–Kier alpha value is -1.74. The Morgan fingerprint density at radius 2 is 2.15 bits per heavy atom. The first-order valence-corrected chi connectivity index (χ1v) is 7.44. The maximum atomic E-state index is 5.44. The zero-order valence-electron chi connectivity index (χ0n) is 12.0. The van der Waals surface area contributed by atoms with Crippen molar-refractivity contribution in [3.63, 3.8) is 0 Å². The van der Waals surface area contributed by atoms with Crippen LogP contribution in [0.25, 0.3) is 0 Å². The Morgan fingerprint density at radius 3 is 2.95 bits per heavy atom. The molecule has 106 valence electrons. The average Bonchev–Trinajstić information content (AvgIpc) is 3.13. The van der Waals surface area contributed by atoms with Crippen LogP contribution in [0.15, 0.2) is 47.1 Å². The summed E-state index contributed by atoms with van der Waals surface area (Å²) in [5, 5.41) is 3.50. The molecule has 1 aliphatic heterocycles. The van der Waals surface area contributed by atoms with Crippen molar-refractivity contribution in [3.8, 4) is 0 Å². The molecule has 2 aromatic rings. The third kappa shape index (κ3) is 2.88. The molecule has 0 fully saturated rings. The van der Waals surface area contributed by atoms with Crippen LogP contribution in [0.3, 0.4) is 0 Å². The molecule has 3 rings (SSSR count). The average molecular weight is 270 g/mol. The highest BCUT2D eigenvalue weighted by Crippen LogP contribution is 2.33. The molecule has 1 aromatic heterocycles. The highest BCUT2D eigenvalue weighted by atomic mass is 16.3. The van der Waals surface area contributed by atoms with E-state index in [-0.39, 0.29) is 0 Å². The van der Waals surface area contributed by atoms with Gasteiger partial charge in [0.15, 0.2) is 0 Å². The molecule has 1 aromatic carbocycles. The number of rotatable bonds is 6. The van der Waals surface area contributed by atoms with Gasteiger partial charge >= 0.3 is 0 Å². The minimum atomic E-state index is 0.636. The van der Waals surface area contributed by atoms with Gasteiger partial charge in [-0.3, -0.25) is 4.90 Å². The van der Waals surface area contributed by atoms with E-state index in [9.17, 15) is 0 Å². The molecule has 0 saturated carbocycles. The molecule has 2 heterocycles. The first kappa shape index (κ1) is 13.3. The van der Waals surface area contributed by atoms with Crippen LogP contribution in [0.5, 0.6) is 0 Å². The Kier molecular flexibility index (Phi) is 4.07. The molecule has 0 aliphatic carbocycles. The van der Waals surface area contributed by atoms with E-state index in [2.05, 4.69) is 47.5 Å². The summed E-state index contributed by atoms with van der Waals surface area (Å²) in [5.74, 6) is 1.69. The summed E-state index contributed by atoms with van der Waals surface area (Å²) in [5.41, 5.74) is 2.79. The van der Waals surface area contributed by atoms with Crippen LogP contribution in [0.1, 0.15) is 30.6 Å². The molecule has 1 N–H and O–H groups in total. The number of anilines is 1. The summed E-state index contributed by atoms with van der Waals surface area (Å²) in [6.45, 7) is 6.35. The third-order valence-electron chi connectivity index (χ3n) is 4.14. The van der Waals surface area contributed by atoms with E-state index in [1.54, 1.807) is 6.26 Å². The topological polar surface area (TPSA) is 28.4 Å². The Balaban J connectivity index is 1.56. The van der Waals surface area contributed by atoms with Gasteiger partial charge in [-0.15, -0.1) is 0 Å². The molecular weight excluding hydrogens is 248 g/mol. The van der Waals surface area contributed by atoms with Gasteiger partial charge in [0.25, 0.3) is 0 Å². The number of nitrogens with one attached hydrogen (secondary N) is 1. The molecule has 0 radical (unpaired) electrons. The molecule has 1 aliphatic rings. The number of hydrogen-bond acceptors (Lipinski definition) is 3. The first-order chi connectivity index (χ1) is 9.86. The zero-order valence-corrected chi connectivity index (χ0v) is 12.0. The minimum absolute atomic E-state index is 0.636. The lowest BCUT2D eigenvalue weighted by molar-refractivity contribution is 0.248. The fourth-order valence-corrected chi connectivity index (χ4v) is 2.92. The van der Waals surface area contributed by atoms with Crippen LogP contribution in [-0.4, -0.2) is 24.5 Å². The third-order valence-corrected chi connectivity index (χ3v) is 4.14. The molecule has 3 heteroatoms. The van der Waals surface area contributed by atoms with Gasteiger partial charge in [0.2, 0.25) is 0 Å². The summed E-state index contributed by atoms with van der Waals surface area (Å²) in [7, 11) is 0.